The van der Waals surface area contributed by atoms with E-state index in [4.69, 9.17) is 4.74 Å². The SMILES string of the molecule is CN(Cc1ccc(OC(F)(F)F)cc1)C(=O)NCc1cccc(COC(C)(C)C)c1. The summed E-state index contributed by atoms with van der Waals surface area (Å²) < 4.78 is 46.2. The minimum Gasteiger partial charge on any atom is -0.406 e. The Morgan fingerprint density at radius 1 is 1.00 bits per heavy atom. The molecule has 0 aromatic heterocycles. The molecule has 0 fully saturated rings. The maximum atomic E-state index is 12.3. The van der Waals surface area contributed by atoms with E-state index in [1.807, 2.05) is 45.0 Å². The molecule has 0 aliphatic heterocycles. The molecule has 2 aromatic carbocycles. The number of halogens is 3. The van der Waals surface area contributed by atoms with Gasteiger partial charge in [0.2, 0.25) is 0 Å². The van der Waals surface area contributed by atoms with Crippen LogP contribution in [-0.4, -0.2) is 29.9 Å². The maximum absolute atomic E-state index is 12.3. The Morgan fingerprint density at radius 3 is 2.23 bits per heavy atom. The lowest BCUT2D eigenvalue weighted by molar-refractivity contribution is -0.274. The van der Waals surface area contributed by atoms with Gasteiger partial charge in [-0.3, -0.25) is 0 Å². The molecule has 1 N–H and O–H groups in total. The third-order valence-electron chi connectivity index (χ3n) is 4.03. The Hall–Kier alpha value is -2.74. The van der Waals surface area contributed by atoms with Crippen LogP contribution in [0.4, 0.5) is 18.0 Å². The van der Waals surface area contributed by atoms with Crippen LogP contribution < -0.4 is 10.1 Å². The summed E-state index contributed by atoms with van der Waals surface area (Å²) in [6.45, 7) is 7.05. The van der Waals surface area contributed by atoms with Crippen molar-refractivity contribution in [3.8, 4) is 5.75 Å². The molecule has 0 unspecified atom stereocenters. The molecule has 0 aliphatic carbocycles. The fraction of sp³-hybridized carbons (Fsp3) is 0.409. The van der Waals surface area contributed by atoms with E-state index in [1.54, 1.807) is 7.05 Å². The summed E-state index contributed by atoms with van der Waals surface area (Å²) in [5.41, 5.74) is 2.42. The number of hydrogen-bond acceptors (Lipinski definition) is 3. The quantitative estimate of drug-likeness (QED) is 0.661. The predicted molar refractivity (Wildman–Crippen MR) is 108 cm³/mol. The van der Waals surface area contributed by atoms with Crippen molar-refractivity contribution in [3.05, 3.63) is 65.2 Å². The third-order valence-corrected chi connectivity index (χ3v) is 4.03. The Labute approximate surface area is 174 Å². The molecule has 0 bridgehead atoms. The van der Waals surface area contributed by atoms with E-state index >= 15 is 0 Å². The summed E-state index contributed by atoms with van der Waals surface area (Å²) in [7, 11) is 1.61. The first-order valence-corrected chi connectivity index (χ1v) is 9.47. The van der Waals surface area contributed by atoms with Crippen molar-refractivity contribution in [2.75, 3.05) is 7.05 Å². The normalized spacial score (nSPS) is 11.8. The second-order valence-electron chi connectivity index (χ2n) is 7.93. The summed E-state index contributed by atoms with van der Waals surface area (Å²) in [6, 6.07) is 12.9. The Morgan fingerprint density at radius 2 is 1.63 bits per heavy atom. The van der Waals surface area contributed by atoms with Crippen molar-refractivity contribution in [3.63, 3.8) is 0 Å². The monoisotopic (exact) mass is 424 g/mol. The van der Waals surface area contributed by atoms with E-state index in [0.717, 1.165) is 11.1 Å². The zero-order chi connectivity index (χ0) is 22.4. The summed E-state index contributed by atoms with van der Waals surface area (Å²) in [5.74, 6) is -0.298. The van der Waals surface area contributed by atoms with Crippen LogP contribution in [0.2, 0.25) is 0 Å². The van der Waals surface area contributed by atoms with Crippen LogP contribution in [0.3, 0.4) is 0 Å². The molecule has 0 aliphatic rings. The number of urea groups is 1. The minimum atomic E-state index is -4.73. The molecule has 164 valence electrons. The van der Waals surface area contributed by atoms with E-state index < -0.39 is 6.36 Å². The molecule has 0 radical (unpaired) electrons. The number of carbonyl (C=O) groups excluding carboxylic acids is 1. The molecule has 0 atom stereocenters. The average molecular weight is 424 g/mol. The van der Waals surface area contributed by atoms with Crippen molar-refractivity contribution in [1.82, 2.24) is 10.2 Å². The van der Waals surface area contributed by atoms with E-state index in [9.17, 15) is 18.0 Å². The highest BCUT2D eigenvalue weighted by molar-refractivity contribution is 5.73. The molecule has 0 saturated heterocycles. The van der Waals surface area contributed by atoms with Gasteiger partial charge in [0.05, 0.1) is 12.2 Å². The first-order valence-electron chi connectivity index (χ1n) is 9.47. The van der Waals surface area contributed by atoms with Crippen LogP contribution in [0.25, 0.3) is 0 Å². The van der Waals surface area contributed by atoms with Gasteiger partial charge in [0.15, 0.2) is 0 Å². The van der Waals surface area contributed by atoms with Crippen molar-refractivity contribution in [2.45, 2.75) is 52.4 Å². The van der Waals surface area contributed by atoms with Crippen molar-refractivity contribution in [1.29, 1.82) is 0 Å². The summed E-state index contributed by atoms with van der Waals surface area (Å²) in [6.07, 6.45) is -4.73. The number of alkyl halides is 3. The number of carbonyl (C=O) groups is 1. The smallest absolute Gasteiger partial charge is 0.406 e. The average Bonchev–Trinajstić information content (AvgIpc) is 2.64. The number of amides is 2. The summed E-state index contributed by atoms with van der Waals surface area (Å²) in [4.78, 5) is 13.8. The number of hydrogen-bond donors (Lipinski definition) is 1. The standard InChI is InChI=1S/C22H27F3N2O3/c1-21(2,3)29-15-18-7-5-6-17(12-18)13-26-20(28)27(4)14-16-8-10-19(11-9-16)30-22(23,24)25/h5-12H,13-15H2,1-4H3,(H,26,28). The van der Waals surface area contributed by atoms with Gasteiger partial charge in [0.1, 0.15) is 5.75 Å². The molecule has 0 heterocycles. The molecule has 0 spiro atoms. The van der Waals surface area contributed by atoms with Gasteiger partial charge >= 0.3 is 12.4 Å². The van der Waals surface area contributed by atoms with Crippen molar-refractivity contribution < 1.29 is 27.4 Å². The predicted octanol–water partition coefficient (Wildman–Crippen LogP) is 5.24. The van der Waals surface area contributed by atoms with Gasteiger partial charge in [-0.1, -0.05) is 36.4 Å². The first-order chi connectivity index (χ1) is 13.9. The van der Waals surface area contributed by atoms with Gasteiger partial charge in [-0.15, -0.1) is 13.2 Å². The largest absolute Gasteiger partial charge is 0.573 e. The number of nitrogens with one attached hydrogen (secondary N) is 1. The zero-order valence-corrected chi connectivity index (χ0v) is 17.5. The van der Waals surface area contributed by atoms with Crippen LogP contribution in [-0.2, 0) is 24.4 Å². The molecular weight excluding hydrogens is 397 g/mol. The van der Waals surface area contributed by atoms with Gasteiger partial charge in [0.25, 0.3) is 0 Å². The Bertz CT molecular complexity index is 831. The Kier molecular flexibility index (Phi) is 7.72. The highest BCUT2D eigenvalue weighted by atomic mass is 19.4. The van der Waals surface area contributed by atoms with Crippen LogP contribution in [0, 0.1) is 0 Å². The lowest BCUT2D eigenvalue weighted by Crippen LogP contribution is -2.36. The van der Waals surface area contributed by atoms with Crippen LogP contribution in [0.1, 0.15) is 37.5 Å². The molecule has 30 heavy (non-hydrogen) atoms. The maximum Gasteiger partial charge on any atom is 0.573 e. The zero-order valence-electron chi connectivity index (χ0n) is 17.5. The van der Waals surface area contributed by atoms with Gasteiger partial charge in [-0.25, -0.2) is 4.79 Å². The highest BCUT2D eigenvalue weighted by Gasteiger charge is 2.30. The molecular formula is C22H27F3N2O3. The lowest BCUT2D eigenvalue weighted by atomic mass is 10.1. The van der Waals surface area contributed by atoms with Crippen molar-refractivity contribution in [2.24, 2.45) is 0 Å². The minimum absolute atomic E-state index is 0.232. The van der Waals surface area contributed by atoms with E-state index in [1.165, 1.54) is 29.2 Å². The van der Waals surface area contributed by atoms with Crippen LogP contribution in [0.15, 0.2) is 48.5 Å². The summed E-state index contributed by atoms with van der Waals surface area (Å²) >= 11 is 0. The molecule has 2 aromatic rings. The Balaban J connectivity index is 1.84. The highest BCUT2D eigenvalue weighted by Crippen LogP contribution is 2.23. The molecule has 2 rings (SSSR count). The summed E-state index contributed by atoms with van der Waals surface area (Å²) in [5, 5.41) is 2.83. The fourth-order valence-corrected chi connectivity index (χ4v) is 2.58. The van der Waals surface area contributed by atoms with Gasteiger partial charge < -0.3 is 19.7 Å². The fourth-order valence-electron chi connectivity index (χ4n) is 2.58. The number of ether oxygens (including phenoxy) is 2. The van der Waals surface area contributed by atoms with E-state index in [2.05, 4.69) is 10.1 Å². The third kappa shape index (κ3) is 8.73. The second kappa shape index (κ2) is 9.84. The molecule has 5 nitrogen and oxygen atoms in total. The molecule has 2 amide bonds. The molecule has 0 saturated carbocycles. The van der Waals surface area contributed by atoms with Gasteiger partial charge in [-0.05, 0) is 49.6 Å². The topological polar surface area (TPSA) is 50.8 Å². The number of rotatable bonds is 7. The van der Waals surface area contributed by atoms with E-state index in [-0.39, 0.29) is 23.9 Å². The van der Waals surface area contributed by atoms with Crippen molar-refractivity contribution >= 4 is 6.03 Å². The van der Waals surface area contributed by atoms with Crippen LogP contribution >= 0.6 is 0 Å². The molecule has 8 heteroatoms. The lowest BCUT2D eigenvalue weighted by Gasteiger charge is -2.20. The van der Waals surface area contributed by atoms with Crippen LogP contribution in [0.5, 0.6) is 5.75 Å². The van der Waals surface area contributed by atoms with Gasteiger partial charge in [0, 0.05) is 20.1 Å². The second-order valence-corrected chi connectivity index (χ2v) is 7.93. The first kappa shape index (κ1) is 23.5. The van der Waals surface area contributed by atoms with Gasteiger partial charge in [-0.2, -0.15) is 0 Å². The number of nitrogens with zero attached hydrogens (tertiary/aromatic N) is 1. The number of benzene rings is 2. The van der Waals surface area contributed by atoms with E-state index in [0.29, 0.717) is 18.7 Å².